The van der Waals surface area contributed by atoms with Crippen molar-refractivity contribution < 1.29 is 28.6 Å². The topological polar surface area (TPSA) is 82.1 Å². The molecule has 0 heterocycles. The number of hydrogen-bond donors (Lipinski definition) is 0. The van der Waals surface area contributed by atoms with Gasteiger partial charge in [0, 0.05) is 10.2 Å². The highest BCUT2D eigenvalue weighted by Gasteiger charge is 2.21. The largest absolute Gasteiger partial charge is 0.482 e. The summed E-state index contributed by atoms with van der Waals surface area (Å²) in [4.78, 5) is 37.4. The summed E-state index contributed by atoms with van der Waals surface area (Å²) >= 11 is 3.30. The van der Waals surface area contributed by atoms with E-state index in [1.54, 1.807) is 55.5 Å². The maximum absolute atomic E-state index is 12.5. The van der Waals surface area contributed by atoms with Gasteiger partial charge < -0.3 is 14.2 Å². The quantitative estimate of drug-likeness (QED) is 0.547. The second kappa shape index (κ2) is 11.1. The van der Waals surface area contributed by atoms with Crippen LogP contribution in [0.1, 0.15) is 6.92 Å². The van der Waals surface area contributed by atoms with Crippen LogP contribution in [0.25, 0.3) is 0 Å². The van der Waals surface area contributed by atoms with E-state index < -0.39 is 24.5 Å². The Morgan fingerprint density at radius 1 is 0.929 bits per heavy atom. The molecule has 28 heavy (non-hydrogen) atoms. The molecule has 8 heteroatoms. The first-order valence-electron chi connectivity index (χ1n) is 8.54. The van der Waals surface area contributed by atoms with Crippen molar-refractivity contribution in [1.29, 1.82) is 0 Å². The first kappa shape index (κ1) is 21.4. The lowest BCUT2D eigenvalue weighted by atomic mass is 10.3. The molecule has 7 nitrogen and oxygen atoms in total. The van der Waals surface area contributed by atoms with Crippen LogP contribution < -0.4 is 9.64 Å². The lowest BCUT2D eigenvalue weighted by Gasteiger charge is -2.21. The maximum atomic E-state index is 12.5. The Kier molecular flexibility index (Phi) is 8.48. The van der Waals surface area contributed by atoms with E-state index in [4.69, 9.17) is 14.2 Å². The van der Waals surface area contributed by atoms with Crippen molar-refractivity contribution in [2.24, 2.45) is 0 Å². The molecule has 0 fully saturated rings. The van der Waals surface area contributed by atoms with Crippen molar-refractivity contribution in [2.45, 2.75) is 6.92 Å². The number of nitrogens with zero attached hydrogens (tertiary/aromatic N) is 1. The molecule has 0 spiro atoms. The van der Waals surface area contributed by atoms with Gasteiger partial charge in [0.05, 0.1) is 6.61 Å². The molecule has 2 aromatic rings. The zero-order valence-electron chi connectivity index (χ0n) is 15.3. The minimum absolute atomic E-state index is 0.206. The molecule has 0 N–H and O–H groups in total. The molecule has 0 bridgehead atoms. The summed E-state index contributed by atoms with van der Waals surface area (Å²) in [6, 6.07) is 15.6. The summed E-state index contributed by atoms with van der Waals surface area (Å²) in [5, 5.41) is 0. The number of rotatable bonds is 9. The zero-order chi connectivity index (χ0) is 20.4. The normalized spacial score (nSPS) is 10.1. The predicted molar refractivity (Wildman–Crippen MR) is 106 cm³/mol. The minimum atomic E-state index is -0.697. The van der Waals surface area contributed by atoms with Crippen LogP contribution in [-0.2, 0) is 23.9 Å². The summed E-state index contributed by atoms with van der Waals surface area (Å²) in [5.74, 6) is -1.30. The SMILES string of the molecule is CCOC(=O)CN(C(=O)COC(=O)COc1cccc(Br)c1)c1ccccc1. The fourth-order valence-corrected chi connectivity index (χ4v) is 2.61. The molecule has 0 aromatic heterocycles. The number of carbonyl (C=O) groups is 3. The average Bonchev–Trinajstić information content (AvgIpc) is 2.69. The van der Waals surface area contributed by atoms with Crippen molar-refractivity contribution in [1.82, 2.24) is 0 Å². The van der Waals surface area contributed by atoms with Crippen molar-refractivity contribution >= 4 is 39.5 Å². The molecular weight excluding hydrogens is 430 g/mol. The van der Waals surface area contributed by atoms with Crippen LogP contribution in [0.5, 0.6) is 5.75 Å². The van der Waals surface area contributed by atoms with Crippen LogP contribution >= 0.6 is 15.9 Å². The molecule has 1 amide bonds. The summed E-state index contributed by atoms with van der Waals surface area (Å²) in [7, 11) is 0. The zero-order valence-corrected chi connectivity index (χ0v) is 16.9. The summed E-state index contributed by atoms with van der Waals surface area (Å²) in [6.45, 7) is 0.752. The molecule has 0 radical (unpaired) electrons. The number of benzene rings is 2. The maximum Gasteiger partial charge on any atom is 0.344 e. The third-order valence-electron chi connectivity index (χ3n) is 3.47. The average molecular weight is 450 g/mol. The van der Waals surface area contributed by atoms with Gasteiger partial charge in [0.1, 0.15) is 12.3 Å². The van der Waals surface area contributed by atoms with E-state index in [2.05, 4.69) is 15.9 Å². The number of amides is 1. The van der Waals surface area contributed by atoms with Gasteiger partial charge in [-0.05, 0) is 37.3 Å². The molecule has 2 rings (SSSR count). The van der Waals surface area contributed by atoms with E-state index in [1.165, 1.54) is 4.90 Å². The van der Waals surface area contributed by atoms with Gasteiger partial charge >= 0.3 is 11.9 Å². The van der Waals surface area contributed by atoms with Gasteiger partial charge in [-0.25, -0.2) is 4.79 Å². The Morgan fingerprint density at radius 3 is 2.36 bits per heavy atom. The van der Waals surface area contributed by atoms with Crippen LogP contribution in [0.15, 0.2) is 59.1 Å². The van der Waals surface area contributed by atoms with Crippen LogP contribution in [0.2, 0.25) is 0 Å². The second-order valence-electron chi connectivity index (χ2n) is 5.53. The van der Waals surface area contributed by atoms with E-state index in [9.17, 15) is 14.4 Å². The number of carbonyl (C=O) groups excluding carboxylic acids is 3. The monoisotopic (exact) mass is 449 g/mol. The molecule has 0 aliphatic heterocycles. The van der Waals surface area contributed by atoms with Gasteiger partial charge in [0.15, 0.2) is 13.2 Å². The highest BCUT2D eigenvalue weighted by atomic mass is 79.9. The van der Waals surface area contributed by atoms with E-state index in [-0.39, 0.29) is 19.8 Å². The van der Waals surface area contributed by atoms with Gasteiger partial charge in [-0.2, -0.15) is 0 Å². The Bertz CT molecular complexity index is 811. The number of anilines is 1. The lowest BCUT2D eigenvalue weighted by molar-refractivity contribution is -0.150. The van der Waals surface area contributed by atoms with Crippen molar-refractivity contribution in [3.63, 3.8) is 0 Å². The van der Waals surface area contributed by atoms with Crippen molar-refractivity contribution in [2.75, 3.05) is 31.3 Å². The molecule has 0 atom stereocenters. The number of para-hydroxylation sites is 1. The van der Waals surface area contributed by atoms with Gasteiger partial charge in [0.2, 0.25) is 0 Å². The Hall–Kier alpha value is -2.87. The number of ether oxygens (including phenoxy) is 3. The molecule has 0 saturated carbocycles. The fourth-order valence-electron chi connectivity index (χ4n) is 2.23. The molecule has 0 saturated heterocycles. The van der Waals surface area contributed by atoms with Crippen LogP contribution in [0, 0.1) is 0 Å². The molecule has 0 aliphatic rings. The summed E-state index contributed by atoms with van der Waals surface area (Å²) in [5.41, 5.74) is 0.502. The Balaban J connectivity index is 1.91. The van der Waals surface area contributed by atoms with Crippen LogP contribution in [0.4, 0.5) is 5.69 Å². The Labute approximate surface area is 171 Å². The summed E-state index contributed by atoms with van der Waals surface area (Å²) < 4.78 is 16.0. The van der Waals surface area contributed by atoms with Gasteiger partial charge in [0.25, 0.3) is 5.91 Å². The second-order valence-corrected chi connectivity index (χ2v) is 6.44. The smallest absolute Gasteiger partial charge is 0.344 e. The molecule has 0 unspecified atom stereocenters. The number of esters is 2. The standard InChI is InChI=1S/C20H20BrNO6/c1-2-26-19(24)12-22(16-8-4-3-5-9-16)18(23)13-28-20(25)14-27-17-10-6-7-15(21)11-17/h3-11H,2,12-14H2,1H3. The molecular formula is C20H20BrNO6. The van der Waals surface area contributed by atoms with Crippen LogP contribution in [-0.4, -0.2) is 44.2 Å². The minimum Gasteiger partial charge on any atom is -0.482 e. The lowest BCUT2D eigenvalue weighted by Crippen LogP contribution is -2.39. The first-order valence-corrected chi connectivity index (χ1v) is 9.34. The Morgan fingerprint density at radius 2 is 1.68 bits per heavy atom. The highest BCUT2D eigenvalue weighted by molar-refractivity contribution is 9.10. The molecule has 148 valence electrons. The van der Waals surface area contributed by atoms with Crippen molar-refractivity contribution in [3.05, 3.63) is 59.1 Å². The van der Waals surface area contributed by atoms with Crippen molar-refractivity contribution in [3.8, 4) is 5.75 Å². The van der Waals surface area contributed by atoms with Gasteiger partial charge in [-0.3, -0.25) is 14.5 Å². The first-order chi connectivity index (χ1) is 13.5. The summed E-state index contributed by atoms with van der Waals surface area (Å²) in [6.07, 6.45) is 0. The van der Waals surface area contributed by atoms with E-state index in [0.717, 1.165) is 4.47 Å². The number of hydrogen-bond acceptors (Lipinski definition) is 6. The van der Waals surface area contributed by atoms with Crippen LogP contribution in [0.3, 0.4) is 0 Å². The third-order valence-corrected chi connectivity index (χ3v) is 3.96. The van der Waals surface area contributed by atoms with Gasteiger partial charge in [-0.15, -0.1) is 0 Å². The molecule has 0 aliphatic carbocycles. The number of halogens is 1. The van der Waals surface area contributed by atoms with E-state index >= 15 is 0 Å². The predicted octanol–water partition coefficient (Wildman–Crippen LogP) is 2.97. The highest BCUT2D eigenvalue weighted by Crippen LogP contribution is 2.17. The third kappa shape index (κ3) is 7.03. The fraction of sp³-hybridized carbons (Fsp3) is 0.250. The van der Waals surface area contributed by atoms with E-state index in [1.807, 2.05) is 6.07 Å². The molecule has 2 aromatic carbocycles. The van der Waals surface area contributed by atoms with Gasteiger partial charge in [-0.1, -0.05) is 40.2 Å². The van der Waals surface area contributed by atoms with E-state index in [0.29, 0.717) is 11.4 Å².